The zero-order chi connectivity index (χ0) is 19.1. The Labute approximate surface area is 150 Å². The first-order valence-electron chi connectivity index (χ1n) is 8.66. The van der Waals surface area contributed by atoms with Crippen molar-refractivity contribution in [3.8, 4) is 0 Å². The Morgan fingerprint density at radius 3 is 2.62 bits per heavy atom. The van der Waals surface area contributed by atoms with Gasteiger partial charge in [-0.15, -0.1) is 0 Å². The van der Waals surface area contributed by atoms with E-state index >= 15 is 0 Å². The van der Waals surface area contributed by atoms with Gasteiger partial charge in [-0.1, -0.05) is 0 Å². The molecule has 1 aliphatic carbocycles. The molecule has 1 atom stereocenters. The van der Waals surface area contributed by atoms with Gasteiger partial charge in [0.2, 0.25) is 5.69 Å². The van der Waals surface area contributed by atoms with Gasteiger partial charge in [-0.3, -0.25) is 19.6 Å². The number of amides is 2. The molecule has 3 rings (SSSR count). The molecule has 1 saturated heterocycles. The standard InChI is InChI=1S/C16H23N5O5/c1-16(2,3)26-15(23)19-7-6-11(8-19)20-9-12(21(24)25)13(18-20)14(22)17-10-4-5-10/h9-11H,4-8H2,1-3H3,(H,17,22). The lowest BCUT2D eigenvalue weighted by Crippen LogP contribution is -2.35. The Balaban J connectivity index is 1.72. The fourth-order valence-electron chi connectivity index (χ4n) is 2.80. The lowest BCUT2D eigenvalue weighted by Gasteiger charge is -2.24. The van der Waals surface area contributed by atoms with Crippen LogP contribution in [0.5, 0.6) is 0 Å². The Hall–Kier alpha value is -2.65. The average Bonchev–Trinajstić information content (AvgIpc) is 3.03. The van der Waals surface area contributed by atoms with Crippen molar-refractivity contribution in [3.63, 3.8) is 0 Å². The minimum absolute atomic E-state index is 0.0846. The normalized spacial score (nSPS) is 20.1. The summed E-state index contributed by atoms with van der Waals surface area (Å²) in [4.78, 5) is 36.6. The SMILES string of the molecule is CC(C)(C)OC(=O)N1CCC(n2cc([N+](=O)[O-])c(C(=O)NC3CC3)n2)C1. The van der Waals surface area contributed by atoms with E-state index in [9.17, 15) is 19.7 Å². The molecular formula is C16H23N5O5. The number of rotatable bonds is 4. The predicted octanol–water partition coefficient (Wildman–Crippen LogP) is 1.87. The molecule has 1 aromatic heterocycles. The van der Waals surface area contributed by atoms with Crippen molar-refractivity contribution in [1.82, 2.24) is 20.0 Å². The third-order valence-electron chi connectivity index (χ3n) is 4.23. The number of ether oxygens (including phenoxy) is 1. The molecule has 1 aromatic rings. The molecule has 10 heteroatoms. The molecule has 1 saturated carbocycles. The first kappa shape index (κ1) is 18.2. The first-order chi connectivity index (χ1) is 12.1. The van der Waals surface area contributed by atoms with Gasteiger partial charge in [-0.2, -0.15) is 5.10 Å². The van der Waals surface area contributed by atoms with Gasteiger partial charge >= 0.3 is 11.8 Å². The third-order valence-corrected chi connectivity index (χ3v) is 4.23. The maximum absolute atomic E-state index is 12.2. The number of hydrogen-bond donors (Lipinski definition) is 1. The molecule has 0 bridgehead atoms. The van der Waals surface area contributed by atoms with Crippen LogP contribution < -0.4 is 5.32 Å². The molecule has 142 valence electrons. The minimum Gasteiger partial charge on any atom is -0.444 e. The van der Waals surface area contributed by atoms with E-state index in [0.717, 1.165) is 12.8 Å². The van der Waals surface area contributed by atoms with Crippen LogP contribution in [0.15, 0.2) is 6.20 Å². The van der Waals surface area contributed by atoms with Gasteiger partial charge in [0.1, 0.15) is 11.8 Å². The zero-order valence-electron chi connectivity index (χ0n) is 15.1. The fraction of sp³-hybridized carbons (Fsp3) is 0.688. The van der Waals surface area contributed by atoms with Crippen molar-refractivity contribution >= 4 is 17.7 Å². The van der Waals surface area contributed by atoms with Crippen LogP contribution in [0.4, 0.5) is 10.5 Å². The number of aromatic nitrogens is 2. The van der Waals surface area contributed by atoms with E-state index < -0.39 is 22.5 Å². The number of carbonyl (C=O) groups excluding carboxylic acids is 2. The summed E-state index contributed by atoms with van der Waals surface area (Å²) in [5.41, 5.74) is -1.09. The highest BCUT2D eigenvalue weighted by Gasteiger charge is 2.35. The Morgan fingerprint density at radius 1 is 1.35 bits per heavy atom. The topological polar surface area (TPSA) is 120 Å². The summed E-state index contributed by atoms with van der Waals surface area (Å²) in [6.07, 6.45) is 3.20. The van der Waals surface area contributed by atoms with E-state index in [1.807, 2.05) is 0 Å². The number of nitro groups is 1. The van der Waals surface area contributed by atoms with E-state index in [-0.39, 0.29) is 23.5 Å². The van der Waals surface area contributed by atoms with Crippen molar-refractivity contribution in [2.24, 2.45) is 0 Å². The van der Waals surface area contributed by atoms with Crippen LogP contribution in [0.2, 0.25) is 0 Å². The van der Waals surface area contributed by atoms with Gasteiger partial charge in [0.05, 0.1) is 11.0 Å². The van der Waals surface area contributed by atoms with Gasteiger partial charge in [0.15, 0.2) is 0 Å². The fourth-order valence-corrected chi connectivity index (χ4v) is 2.80. The molecule has 10 nitrogen and oxygen atoms in total. The molecule has 1 N–H and O–H groups in total. The third kappa shape index (κ3) is 4.12. The maximum atomic E-state index is 12.2. The molecule has 0 spiro atoms. The van der Waals surface area contributed by atoms with Gasteiger partial charge in [-0.05, 0) is 40.0 Å². The number of hydrogen-bond acceptors (Lipinski definition) is 6. The van der Waals surface area contributed by atoms with E-state index in [1.165, 1.54) is 10.9 Å². The second-order valence-corrected chi connectivity index (χ2v) is 7.72. The molecule has 1 aliphatic heterocycles. The van der Waals surface area contributed by atoms with E-state index in [4.69, 9.17) is 4.74 Å². The lowest BCUT2D eigenvalue weighted by atomic mass is 10.2. The van der Waals surface area contributed by atoms with Gasteiger partial charge in [0, 0.05) is 19.1 Å². The Bertz CT molecular complexity index is 734. The Morgan fingerprint density at radius 2 is 2.04 bits per heavy atom. The predicted molar refractivity (Wildman–Crippen MR) is 90.8 cm³/mol. The first-order valence-corrected chi connectivity index (χ1v) is 8.66. The molecule has 2 aliphatic rings. The Kier molecular flexibility index (Phi) is 4.59. The highest BCUT2D eigenvalue weighted by molar-refractivity contribution is 5.96. The summed E-state index contributed by atoms with van der Waals surface area (Å²) in [6, 6.07) is -0.148. The monoisotopic (exact) mass is 365 g/mol. The van der Waals surface area contributed by atoms with Crippen LogP contribution in [0.25, 0.3) is 0 Å². The summed E-state index contributed by atoms with van der Waals surface area (Å²) >= 11 is 0. The summed E-state index contributed by atoms with van der Waals surface area (Å²) < 4.78 is 6.77. The van der Waals surface area contributed by atoms with E-state index in [1.54, 1.807) is 25.7 Å². The second kappa shape index (κ2) is 6.58. The van der Waals surface area contributed by atoms with Crippen LogP contribution in [0.3, 0.4) is 0 Å². The van der Waals surface area contributed by atoms with Crippen molar-refractivity contribution < 1.29 is 19.2 Å². The highest BCUT2D eigenvalue weighted by Crippen LogP contribution is 2.27. The van der Waals surface area contributed by atoms with Crippen LogP contribution in [-0.2, 0) is 4.74 Å². The van der Waals surface area contributed by atoms with Gasteiger partial charge in [0.25, 0.3) is 5.91 Å². The number of carbonyl (C=O) groups is 2. The van der Waals surface area contributed by atoms with Crippen molar-refractivity contribution in [2.45, 2.75) is 57.7 Å². The molecule has 26 heavy (non-hydrogen) atoms. The summed E-state index contributed by atoms with van der Waals surface area (Å²) in [5.74, 6) is -0.528. The molecular weight excluding hydrogens is 342 g/mol. The number of nitrogens with one attached hydrogen (secondary N) is 1. The number of likely N-dealkylation sites (tertiary alicyclic amines) is 1. The van der Waals surface area contributed by atoms with E-state index in [2.05, 4.69) is 10.4 Å². The van der Waals surface area contributed by atoms with Gasteiger partial charge < -0.3 is 15.0 Å². The molecule has 2 amide bonds. The summed E-state index contributed by atoms with van der Waals surface area (Å²) in [7, 11) is 0. The van der Waals surface area contributed by atoms with Gasteiger partial charge in [-0.25, -0.2) is 4.79 Å². The highest BCUT2D eigenvalue weighted by atomic mass is 16.6. The molecule has 0 aromatic carbocycles. The van der Waals surface area contributed by atoms with Crippen LogP contribution >= 0.6 is 0 Å². The smallest absolute Gasteiger partial charge is 0.410 e. The van der Waals surface area contributed by atoms with Crippen molar-refractivity contribution in [1.29, 1.82) is 0 Å². The van der Waals surface area contributed by atoms with Crippen molar-refractivity contribution in [3.05, 3.63) is 22.0 Å². The molecule has 0 radical (unpaired) electrons. The molecule has 1 unspecified atom stereocenters. The summed E-state index contributed by atoms with van der Waals surface area (Å²) in [5, 5.41) is 18.1. The van der Waals surface area contributed by atoms with Crippen LogP contribution in [-0.4, -0.2) is 56.3 Å². The quantitative estimate of drug-likeness (QED) is 0.642. The van der Waals surface area contributed by atoms with Crippen LogP contribution in [0.1, 0.15) is 56.6 Å². The number of nitrogens with zero attached hydrogens (tertiary/aromatic N) is 4. The largest absolute Gasteiger partial charge is 0.444 e. The van der Waals surface area contributed by atoms with Crippen molar-refractivity contribution in [2.75, 3.05) is 13.1 Å². The second-order valence-electron chi connectivity index (χ2n) is 7.72. The zero-order valence-corrected chi connectivity index (χ0v) is 15.1. The molecule has 2 fully saturated rings. The molecule has 2 heterocycles. The average molecular weight is 365 g/mol. The maximum Gasteiger partial charge on any atom is 0.410 e. The summed E-state index contributed by atoms with van der Waals surface area (Å²) in [6.45, 7) is 6.18. The lowest BCUT2D eigenvalue weighted by molar-refractivity contribution is -0.385. The van der Waals surface area contributed by atoms with Crippen LogP contribution in [0, 0.1) is 10.1 Å². The minimum atomic E-state index is -0.605. The van der Waals surface area contributed by atoms with E-state index in [0.29, 0.717) is 19.5 Å².